The summed E-state index contributed by atoms with van der Waals surface area (Å²) < 4.78 is 40.5. The van der Waals surface area contributed by atoms with E-state index >= 15 is 0 Å². The predicted molar refractivity (Wildman–Crippen MR) is 92.9 cm³/mol. The van der Waals surface area contributed by atoms with Crippen LogP contribution in [0.3, 0.4) is 0 Å². The molecule has 0 bridgehead atoms. The molecule has 2 amide bonds. The first kappa shape index (κ1) is 18.1. The van der Waals surface area contributed by atoms with Gasteiger partial charge in [0, 0.05) is 17.4 Å². The average Bonchev–Trinajstić information content (AvgIpc) is 2.65. The number of rotatable bonds is 4. The van der Waals surface area contributed by atoms with E-state index < -0.39 is 35.0 Å². The van der Waals surface area contributed by atoms with Crippen LogP contribution in [0, 0.1) is 17.5 Å². The summed E-state index contributed by atoms with van der Waals surface area (Å²) in [5, 5.41) is 4.56. The Morgan fingerprint density at radius 3 is 2.22 bits per heavy atom. The number of carbonyl (C=O) groups excluding carboxylic acids is 2. The van der Waals surface area contributed by atoms with Crippen molar-refractivity contribution in [3.8, 4) is 0 Å². The summed E-state index contributed by atoms with van der Waals surface area (Å²) in [6, 6.07) is 10.9. The number of hydrogen-bond acceptors (Lipinski definition) is 3. The van der Waals surface area contributed by atoms with Crippen molar-refractivity contribution in [1.29, 1.82) is 0 Å². The van der Waals surface area contributed by atoms with Crippen molar-refractivity contribution in [2.75, 3.05) is 10.6 Å². The second-order valence-corrected chi connectivity index (χ2v) is 5.45. The van der Waals surface area contributed by atoms with E-state index in [-0.39, 0.29) is 16.9 Å². The van der Waals surface area contributed by atoms with Gasteiger partial charge < -0.3 is 10.6 Å². The van der Waals surface area contributed by atoms with E-state index in [0.717, 1.165) is 30.3 Å². The first-order valence-electron chi connectivity index (χ1n) is 7.72. The summed E-state index contributed by atoms with van der Waals surface area (Å²) in [5.74, 6) is -3.89. The van der Waals surface area contributed by atoms with Crippen LogP contribution in [0.15, 0.2) is 60.8 Å². The van der Waals surface area contributed by atoms with Crippen LogP contribution in [0.2, 0.25) is 0 Å². The zero-order chi connectivity index (χ0) is 19.4. The molecule has 3 aromatic rings. The van der Waals surface area contributed by atoms with Crippen LogP contribution in [-0.2, 0) is 0 Å². The maximum absolute atomic E-state index is 13.6. The highest BCUT2D eigenvalue weighted by Gasteiger charge is 2.16. The highest BCUT2D eigenvalue weighted by molar-refractivity contribution is 6.07. The molecule has 0 spiro atoms. The van der Waals surface area contributed by atoms with Crippen molar-refractivity contribution < 1.29 is 22.8 Å². The molecule has 136 valence electrons. The van der Waals surface area contributed by atoms with E-state index in [2.05, 4.69) is 15.6 Å². The lowest BCUT2D eigenvalue weighted by molar-refractivity contribution is 0.102. The van der Waals surface area contributed by atoms with Gasteiger partial charge in [-0.05, 0) is 42.5 Å². The molecule has 0 radical (unpaired) electrons. The number of nitrogens with zero attached hydrogens (tertiary/aromatic N) is 1. The molecule has 0 aliphatic rings. The van der Waals surface area contributed by atoms with E-state index in [1.807, 2.05) is 0 Å². The number of para-hydroxylation sites is 1. The quantitative estimate of drug-likeness (QED) is 0.728. The second-order valence-electron chi connectivity index (χ2n) is 5.45. The fourth-order valence-electron chi connectivity index (χ4n) is 2.26. The van der Waals surface area contributed by atoms with E-state index in [9.17, 15) is 22.8 Å². The molecule has 27 heavy (non-hydrogen) atoms. The fraction of sp³-hybridized carbons (Fsp3) is 0. The van der Waals surface area contributed by atoms with E-state index in [1.54, 1.807) is 0 Å². The molecule has 0 saturated heterocycles. The van der Waals surface area contributed by atoms with Gasteiger partial charge in [0.25, 0.3) is 11.8 Å². The van der Waals surface area contributed by atoms with Crippen molar-refractivity contribution >= 4 is 23.2 Å². The molecule has 8 heteroatoms. The summed E-state index contributed by atoms with van der Waals surface area (Å²) >= 11 is 0. The third-order valence-electron chi connectivity index (χ3n) is 3.54. The van der Waals surface area contributed by atoms with Crippen molar-refractivity contribution in [1.82, 2.24) is 4.98 Å². The molecule has 0 aliphatic heterocycles. The van der Waals surface area contributed by atoms with Crippen molar-refractivity contribution in [3.05, 3.63) is 89.5 Å². The van der Waals surface area contributed by atoms with Crippen molar-refractivity contribution in [3.63, 3.8) is 0 Å². The standard InChI is InChI=1S/C19H12F3N3O2/c20-12-3-1-4-13(10-12)24-18(26)11-7-8-23-16(9-11)19(27)25-17-14(21)5-2-6-15(17)22/h1-10H,(H,24,26)(H,25,27). The maximum atomic E-state index is 13.6. The Hall–Kier alpha value is -3.68. The van der Waals surface area contributed by atoms with Gasteiger partial charge in [-0.15, -0.1) is 0 Å². The summed E-state index contributed by atoms with van der Waals surface area (Å²) in [6.45, 7) is 0. The van der Waals surface area contributed by atoms with Gasteiger partial charge in [-0.3, -0.25) is 14.6 Å². The number of amides is 2. The highest BCUT2D eigenvalue weighted by Crippen LogP contribution is 2.19. The van der Waals surface area contributed by atoms with Gasteiger partial charge in [-0.2, -0.15) is 0 Å². The summed E-state index contributed by atoms with van der Waals surface area (Å²) in [4.78, 5) is 28.3. The van der Waals surface area contributed by atoms with E-state index in [0.29, 0.717) is 0 Å². The van der Waals surface area contributed by atoms with Crippen LogP contribution in [0.1, 0.15) is 20.8 Å². The minimum absolute atomic E-state index is 0.0633. The average molecular weight is 371 g/mol. The number of carbonyl (C=O) groups is 2. The van der Waals surface area contributed by atoms with E-state index in [1.165, 1.54) is 30.5 Å². The van der Waals surface area contributed by atoms with Gasteiger partial charge in [0.15, 0.2) is 0 Å². The molecule has 1 aromatic heterocycles. The Bertz CT molecular complexity index is 1000. The van der Waals surface area contributed by atoms with Crippen molar-refractivity contribution in [2.45, 2.75) is 0 Å². The molecule has 1 heterocycles. The van der Waals surface area contributed by atoms with Crippen LogP contribution in [0.25, 0.3) is 0 Å². The monoisotopic (exact) mass is 371 g/mol. The number of hydrogen-bond donors (Lipinski definition) is 2. The third kappa shape index (κ3) is 4.30. The Labute approximate surface area is 151 Å². The van der Waals surface area contributed by atoms with Gasteiger partial charge in [0.05, 0.1) is 0 Å². The number of anilines is 2. The summed E-state index contributed by atoms with van der Waals surface area (Å²) in [7, 11) is 0. The lowest BCUT2D eigenvalue weighted by atomic mass is 10.2. The maximum Gasteiger partial charge on any atom is 0.274 e. The molecular weight excluding hydrogens is 359 g/mol. The number of halogens is 3. The van der Waals surface area contributed by atoms with Crippen molar-refractivity contribution in [2.24, 2.45) is 0 Å². The van der Waals surface area contributed by atoms with E-state index in [4.69, 9.17) is 0 Å². The Balaban J connectivity index is 1.78. The predicted octanol–water partition coefficient (Wildman–Crippen LogP) is 4.00. The Morgan fingerprint density at radius 1 is 0.815 bits per heavy atom. The smallest absolute Gasteiger partial charge is 0.274 e. The number of benzene rings is 2. The topological polar surface area (TPSA) is 71.1 Å². The summed E-state index contributed by atoms with van der Waals surface area (Å²) in [5.41, 5.74) is -0.534. The zero-order valence-electron chi connectivity index (χ0n) is 13.7. The zero-order valence-corrected chi connectivity index (χ0v) is 13.7. The molecule has 0 unspecified atom stereocenters. The largest absolute Gasteiger partial charge is 0.322 e. The molecule has 0 aliphatic carbocycles. The SMILES string of the molecule is O=C(Nc1cccc(F)c1)c1ccnc(C(=O)Nc2c(F)cccc2F)c1. The van der Waals surface area contributed by atoms with Gasteiger partial charge in [-0.1, -0.05) is 12.1 Å². The number of nitrogens with one attached hydrogen (secondary N) is 2. The first-order valence-corrected chi connectivity index (χ1v) is 7.72. The van der Waals surface area contributed by atoms with Crippen LogP contribution in [0.4, 0.5) is 24.5 Å². The van der Waals surface area contributed by atoms with Crippen LogP contribution >= 0.6 is 0 Å². The first-order chi connectivity index (χ1) is 12.9. The highest BCUT2D eigenvalue weighted by atomic mass is 19.1. The summed E-state index contributed by atoms with van der Waals surface area (Å²) in [6.07, 6.45) is 1.20. The van der Waals surface area contributed by atoms with Crippen LogP contribution < -0.4 is 10.6 Å². The molecule has 3 rings (SSSR count). The second kappa shape index (κ2) is 7.69. The number of pyridine rings is 1. The lowest BCUT2D eigenvalue weighted by Gasteiger charge is -2.09. The molecule has 0 fully saturated rings. The Kier molecular flexibility index (Phi) is 5.16. The van der Waals surface area contributed by atoms with Gasteiger partial charge in [0.2, 0.25) is 0 Å². The molecular formula is C19H12F3N3O2. The fourth-order valence-corrected chi connectivity index (χ4v) is 2.26. The minimum Gasteiger partial charge on any atom is -0.322 e. The van der Waals surface area contributed by atoms with Gasteiger partial charge >= 0.3 is 0 Å². The molecule has 2 N–H and O–H groups in total. The third-order valence-corrected chi connectivity index (χ3v) is 3.54. The molecule has 2 aromatic carbocycles. The number of aromatic nitrogens is 1. The minimum atomic E-state index is -0.941. The molecule has 5 nitrogen and oxygen atoms in total. The lowest BCUT2D eigenvalue weighted by Crippen LogP contribution is -2.18. The normalized spacial score (nSPS) is 10.3. The Morgan fingerprint density at radius 2 is 1.52 bits per heavy atom. The van der Waals surface area contributed by atoms with Gasteiger partial charge in [-0.25, -0.2) is 13.2 Å². The van der Waals surface area contributed by atoms with Gasteiger partial charge in [0.1, 0.15) is 28.8 Å². The van der Waals surface area contributed by atoms with Crippen LogP contribution in [-0.4, -0.2) is 16.8 Å². The molecule has 0 atom stereocenters. The van der Waals surface area contributed by atoms with Crippen LogP contribution in [0.5, 0.6) is 0 Å². The molecule has 0 saturated carbocycles.